The number of hydrogen-bond donors (Lipinski definition) is 1. The summed E-state index contributed by atoms with van der Waals surface area (Å²) in [5.74, 6) is 2.50. The number of rotatable bonds is 4. The Bertz CT molecular complexity index is 922. The normalized spacial score (nSPS) is 33.9. The first kappa shape index (κ1) is 16.8. The van der Waals surface area contributed by atoms with Gasteiger partial charge in [0, 0.05) is 49.0 Å². The summed E-state index contributed by atoms with van der Waals surface area (Å²) in [5.41, 5.74) is -0.0465. The van der Waals surface area contributed by atoms with Crippen LogP contribution in [0.3, 0.4) is 0 Å². The quantitative estimate of drug-likeness (QED) is 0.889. The van der Waals surface area contributed by atoms with Crippen molar-refractivity contribution in [2.24, 2.45) is 17.8 Å². The van der Waals surface area contributed by atoms with Gasteiger partial charge in [-0.15, -0.1) is 0 Å². The van der Waals surface area contributed by atoms with E-state index in [1.807, 2.05) is 6.20 Å². The highest BCUT2D eigenvalue weighted by atomic mass is 16.5. The summed E-state index contributed by atoms with van der Waals surface area (Å²) in [7, 11) is 0. The standard InChI is InChI=1S/C23H27N3O2/c27-22(16-5-3-6-16)25-12-18-19-13-26(14-23(19)10-8-20(18)28-23)21-17-7-2-1-4-15(17)9-11-24-21/h1-2,4,7,9,11,16,18-20H,3,5-6,8,10,12-14H2,(H,25,27)/t18-,19+,20+,23+/m0/s1. The number of benzene rings is 1. The number of carbonyl (C=O) groups excluding carboxylic acids is 1. The molecule has 4 fully saturated rings. The number of amides is 1. The maximum absolute atomic E-state index is 12.3. The zero-order chi connectivity index (χ0) is 18.7. The van der Waals surface area contributed by atoms with Gasteiger partial charge in [-0.05, 0) is 37.1 Å². The van der Waals surface area contributed by atoms with Crippen molar-refractivity contribution in [1.82, 2.24) is 10.3 Å². The second-order valence-electron chi connectivity index (χ2n) is 9.14. The molecule has 2 aromatic rings. The highest BCUT2D eigenvalue weighted by Gasteiger charge is 2.63. The molecule has 5 heteroatoms. The zero-order valence-corrected chi connectivity index (χ0v) is 16.1. The van der Waals surface area contributed by atoms with Crippen LogP contribution in [0.2, 0.25) is 0 Å². The van der Waals surface area contributed by atoms with E-state index in [1.54, 1.807) is 0 Å². The number of nitrogens with one attached hydrogen (secondary N) is 1. The number of ether oxygens (including phenoxy) is 1. The van der Waals surface area contributed by atoms with Gasteiger partial charge >= 0.3 is 0 Å². The highest BCUT2D eigenvalue weighted by molar-refractivity contribution is 5.92. The predicted octanol–water partition coefficient (Wildman–Crippen LogP) is 3.13. The second kappa shape index (κ2) is 6.18. The molecule has 2 bridgehead atoms. The fourth-order valence-electron chi connectivity index (χ4n) is 6.01. The van der Waals surface area contributed by atoms with E-state index in [1.165, 1.54) is 17.2 Å². The molecule has 6 rings (SSSR count). The van der Waals surface area contributed by atoms with Crippen LogP contribution in [0.5, 0.6) is 0 Å². The molecule has 0 unspecified atom stereocenters. The van der Waals surface area contributed by atoms with Gasteiger partial charge in [0.2, 0.25) is 5.91 Å². The van der Waals surface area contributed by atoms with Crippen molar-refractivity contribution in [1.29, 1.82) is 0 Å². The molecule has 1 N–H and O–H groups in total. The van der Waals surface area contributed by atoms with E-state index in [9.17, 15) is 4.79 Å². The smallest absolute Gasteiger partial charge is 0.223 e. The molecule has 1 aromatic heterocycles. The molecule has 28 heavy (non-hydrogen) atoms. The summed E-state index contributed by atoms with van der Waals surface area (Å²) in [6.45, 7) is 2.66. The van der Waals surface area contributed by atoms with Gasteiger partial charge in [0.25, 0.3) is 0 Å². The van der Waals surface area contributed by atoms with E-state index < -0.39 is 0 Å². The third kappa shape index (κ3) is 2.41. The van der Waals surface area contributed by atoms with Gasteiger partial charge < -0.3 is 15.0 Å². The van der Waals surface area contributed by atoms with Crippen molar-refractivity contribution in [3.8, 4) is 0 Å². The van der Waals surface area contributed by atoms with Gasteiger partial charge in [-0.1, -0.05) is 30.7 Å². The van der Waals surface area contributed by atoms with E-state index in [-0.39, 0.29) is 17.4 Å². The van der Waals surface area contributed by atoms with E-state index in [0.717, 1.165) is 51.1 Å². The highest BCUT2D eigenvalue weighted by Crippen LogP contribution is 2.55. The number of hydrogen-bond acceptors (Lipinski definition) is 4. The second-order valence-corrected chi connectivity index (χ2v) is 9.14. The lowest BCUT2D eigenvalue weighted by molar-refractivity contribution is -0.127. The van der Waals surface area contributed by atoms with Crippen LogP contribution in [0.15, 0.2) is 36.5 Å². The van der Waals surface area contributed by atoms with Crippen LogP contribution >= 0.6 is 0 Å². The largest absolute Gasteiger partial charge is 0.369 e. The first-order chi connectivity index (χ1) is 13.7. The summed E-state index contributed by atoms with van der Waals surface area (Å²) >= 11 is 0. The molecule has 1 aliphatic carbocycles. The summed E-state index contributed by atoms with van der Waals surface area (Å²) in [5, 5.41) is 5.70. The maximum atomic E-state index is 12.3. The SMILES string of the molecule is O=C(NC[C@H]1[C@H]2CN(c3nccc4ccccc34)C[C@]23CC[C@H]1O3)C1CCC1. The Morgan fingerprint density at radius 2 is 2.14 bits per heavy atom. The van der Waals surface area contributed by atoms with Crippen LogP contribution in [0.4, 0.5) is 5.82 Å². The molecule has 3 saturated heterocycles. The van der Waals surface area contributed by atoms with Crippen LogP contribution in [0, 0.1) is 17.8 Å². The lowest BCUT2D eigenvalue weighted by Gasteiger charge is -2.30. The number of carbonyl (C=O) groups is 1. The van der Waals surface area contributed by atoms with Crippen molar-refractivity contribution < 1.29 is 9.53 Å². The minimum atomic E-state index is -0.0465. The van der Waals surface area contributed by atoms with Crippen LogP contribution in [0.1, 0.15) is 32.1 Å². The fourth-order valence-corrected chi connectivity index (χ4v) is 6.01. The predicted molar refractivity (Wildman–Crippen MR) is 108 cm³/mol. The zero-order valence-electron chi connectivity index (χ0n) is 16.1. The van der Waals surface area contributed by atoms with Gasteiger partial charge in [0.15, 0.2) is 0 Å². The molecule has 1 spiro atoms. The van der Waals surface area contributed by atoms with E-state index in [2.05, 4.69) is 40.5 Å². The van der Waals surface area contributed by atoms with E-state index >= 15 is 0 Å². The first-order valence-electron chi connectivity index (χ1n) is 10.8. The maximum Gasteiger partial charge on any atom is 0.223 e. The van der Waals surface area contributed by atoms with Crippen molar-refractivity contribution in [2.75, 3.05) is 24.5 Å². The van der Waals surface area contributed by atoms with Gasteiger partial charge in [-0.2, -0.15) is 0 Å². The van der Waals surface area contributed by atoms with Crippen LogP contribution in [-0.2, 0) is 9.53 Å². The number of nitrogens with zero attached hydrogens (tertiary/aromatic N) is 2. The minimum Gasteiger partial charge on any atom is -0.369 e. The average Bonchev–Trinajstić information content (AvgIpc) is 3.33. The molecule has 4 aliphatic rings. The van der Waals surface area contributed by atoms with Crippen LogP contribution in [0.25, 0.3) is 10.8 Å². The molecule has 1 amide bonds. The molecule has 3 aliphatic heterocycles. The lowest BCUT2D eigenvalue weighted by Crippen LogP contribution is -2.44. The van der Waals surface area contributed by atoms with Crippen molar-refractivity contribution in [3.05, 3.63) is 36.5 Å². The number of fused-ring (bicyclic) bond motifs is 2. The van der Waals surface area contributed by atoms with Crippen LogP contribution < -0.4 is 10.2 Å². The Balaban J connectivity index is 1.24. The Hall–Kier alpha value is -2.14. The molecule has 4 heterocycles. The molecule has 5 nitrogen and oxygen atoms in total. The summed E-state index contributed by atoms with van der Waals surface area (Å²) < 4.78 is 6.57. The Kier molecular flexibility index (Phi) is 3.70. The molecule has 1 saturated carbocycles. The minimum absolute atomic E-state index is 0.0465. The molecule has 0 radical (unpaired) electrons. The fraction of sp³-hybridized carbons (Fsp3) is 0.565. The first-order valence-corrected chi connectivity index (χ1v) is 10.8. The van der Waals surface area contributed by atoms with E-state index in [0.29, 0.717) is 17.9 Å². The Labute approximate surface area is 165 Å². The lowest BCUT2D eigenvalue weighted by atomic mass is 9.73. The molecule has 1 aromatic carbocycles. The summed E-state index contributed by atoms with van der Waals surface area (Å²) in [6, 6.07) is 10.6. The van der Waals surface area contributed by atoms with Crippen molar-refractivity contribution in [2.45, 2.75) is 43.8 Å². The van der Waals surface area contributed by atoms with E-state index in [4.69, 9.17) is 9.72 Å². The average molecular weight is 377 g/mol. The Morgan fingerprint density at radius 3 is 3.00 bits per heavy atom. The summed E-state index contributed by atoms with van der Waals surface area (Å²) in [4.78, 5) is 19.5. The van der Waals surface area contributed by atoms with Crippen molar-refractivity contribution in [3.63, 3.8) is 0 Å². The number of aromatic nitrogens is 1. The third-order valence-corrected chi connectivity index (χ3v) is 7.72. The van der Waals surface area contributed by atoms with Gasteiger partial charge in [-0.25, -0.2) is 4.98 Å². The van der Waals surface area contributed by atoms with Gasteiger partial charge in [0.05, 0.1) is 11.7 Å². The molecule has 146 valence electrons. The number of pyridine rings is 1. The number of anilines is 1. The Morgan fingerprint density at radius 1 is 1.25 bits per heavy atom. The summed E-state index contributed by atoms with van der Waals surface area (Å²) in [6.07, 6.45) is 7.81. The molecule has 4 atom stereocenters. The third-order valence-electron chi connectivity index (χ3n) is 7.72. The van der Waals surface area contributed by atoms with Crippen LogP contribution in [-0.4, -0.2) is 42.2 Å². The van der Waals surface area contributed by atoms with Gasteiger partial charge in [-0.3, -0.25) is 4.79 Å². The van der Waals surface area contributed by atoms with Gasteiger partial charge in [0.1, 0.15) is 5.82 Å². The molecular weight excluding hydrogens is 350 g/mol. The van der Waals surface area contributed by atoms with Crippen molar-refractivity contribution >= 4 is 22.5 Å². The monoisotopic (exact) mass is 377 g/mol. The molecular formula is C23H27N3O2. The topological polar surface area (TPSA) is 54.5 Å².